The second-order valence-corrected chi connectivity index (χ2v) is 14.0. The summed E-state index contributed by atoms with van der Waals surface area (Å²) in [5, 5.41) is 3.10. The summed E-state index contributed by atoms with van der Waals surface area (Å²) < 4.78 is 22.3. The Morgan fingerprint density at radius 1 is 0.938 bits per heavy atom. The summed E-state index contributed by atoms with van der Waals surface area (Å²) in [5.74, 6) is 0.790. The number of nitrogens with zero attached hydrogens (tertiary/aromatic N) is 3. The van der Waals surface area contributed by atoms with Gasteiger partial charge in [0.25, 0.3) is 5.91 Å². The Kier molecular flexibility index (Phi) is 13.0. The summed E-state index contributed by atoms with van der Waals surface area (Å²) in [6, 6.07) is 15.0. The van der Waals surface area contributed by atoms with Gasteiger partial charge in [0.2, 0.25) is 0 Å². The standard InChI is InChI=1S/C37H54N4O7/c1-26(2)40(34(42)28-14-17-32(46-7)33(20-28)47-19-11-18-45-6)24-29-22-39(36(44)48-37(3,4)5)23-30(29)25-41(31-15-16-31)35(43)38-21-27-12-9-8-10-13-27/h8-10,12-14,17,20,26,29-31H,11,15-16,18-19,21-25H2,1-7H3,(H,38,43). The molecule has 0 bridgehead atoms. The molecule has 2 aromatic carbocycles. The van der Waals surface area contributed by atoms with E-state index in [1.807, 2.05) is 74.8 Å². The van der Waals surface area contributed by atoms with E-state index in [1.54, 1.807) is 37.3 Å². The van der Waals surface area contributed by atoms with E-state index in [9.17, 15) is 14.4 Å². The van der Waals surface area contributed by atoms with Crippen LogP contribution in [0.5, 0.6) is 11.5 Å². The zero-order valence-corrected chi connectivity index (χ0v) is 29.7. The van der Waals surface area contributed by atoms with Gasteiger partial charge >= 0.3 is 12.1 Å². The van der Waals surface area contributed by atoms with Crippen LogP contribution in [0.2, 0.25) is 0 Å². The Labute approximate surface area is 285 Å². The molecule has 1 aliphatic heterocycles. The number of likely N-dealkylation sites (tertiary alicyclic amines) is 1. The predicted molar refractivity (Wildman–Crippen MR) is 184 cm³/mol. The highest BCUT2D eigenvalue weighted by atomic mass is 16.6. The SMILES string of the molecule is COCCCOc1cc(C(=O)N(CC2CN(C(=O)OC(C)(C)C)CC2CN(C(=O)NCc2ccccc2)C2CC2)C(C)C)ccc1OC. The smallest absolute Gasteiger partial charge is 0.410 e. The minimum Gasteiger partial charge on any atom is -0.493 e. The number of hydrogen-bond acceptors (Lipinski definition) is 7. The Morgan fingerprint density at radius 2 is 1.62 bits per heavy atom. The highest BCUT2D eigenvalue weighted by Crippen LogP contribution is 2.34. The number of amides is 4. The molecule has 0 aromatic heterocycles. The van der Waals surface area contributed by atoms with E-state index in [-0.39, 0.29) is 42.0 Å². The van der Waals surface area contributed by atoms with E-state index in [4.69, 9.17) is 18.9 Å². The largest absolute Gasteiger partial charge is 0.493 e. The number of rotatable bonds is 15. The molecule has 2 unspecified atom stereocenters. The topological polar surface area (TPSA) is 110 Å². The Morgan fingerprint density at radius 3 is 2.23 bits per heavy atom. The van der Waals surface area contributed by atoms with Gasteiger partial charge in [0, 0.05) is 82.3 Å². The zero-order chi connectivity index (χ0) is 34.8. The lowest BCUT2D eigenvalue weighted by Gasteiger charge is -2.33. The van der Waals surface area contributed by atoms with Crippen LogP contribution in [-0.4, -0.2) is 104 Å². The molecular formula is C37H54N4O7. The van der Waals surface area contributed by atoms with Gasteiger partial charge in [-0.3, -0.25) is 4.79 Å². The maximum Gasteiger partial charge on any atom is 0.410 e. The monoisotopic (exact) mass is 666 g/mol. The van der Waals surface area contributed by atoms with Crippen LogP contribution in [0.15, 0.2) is 48.5 Å². The van der Waals surface area contributed by atoms with E-state index in [2.05, 4.69) is 5.32 Å². The second-order valence-electron chi connectivity index (χ2n) is 14.0. The van der Waals surface area contributed by atoms with E-state index in [0.29, 0.717) is 69.4 Å². The van der Waals surface area contributed by atoms with Crippen LogP contribution in [0.1, 0.15) is 69.8 Å². The molecule has 2 aromatic rings. The fourth-order valence-corrected chi connectivity index (χ4v) is 5.99. The van der Waals surface area contributed by atoms with Crippen molar-refractivity contribution in [2.75, 3.05) is 53.6 Å². The lowest BCUT2D eigenvalue weighted by Crippen LogP contribution is -2.47. The number of hydrogen-bond donors (Lipinski definition) is 1. The number of methoxy groups -OCH3 is 2. The molecule has 264 valence electrons. The summed E-state index contributed by atoms with van der Waals surface area (Å²) in [5.41, 5.74) is 0.883. The van der Waals surface area contributed by atoms with Gasteiger partial charge in [-0.1, -0.05) is 30.3 Å². The van der Waals surface area contributed by atoms with Crippen molar-refractivity contribution in [1.82, 2.24) is 20.0 Å². The normalized spacial score (nSPS) is 17.6. The lowest BCUT2D eigenvalue weighted by molar-refractivity contribution is 0.0281. The number of benzene rings is 2. The Bertz CT molecular complexity index is 1360. The van der Waals surface area contributed by atoms with Gasteiger partial charge in [-0.25, -0.2) is 9.59 Å². The number of nitrogens with one attached hydrogen (secondary N) is 1. The molecule has 4 rings (SSSR count). The summed E-state index contributed by atoms with van der Waals surface area (Å²) in [7, 11) is 3.22. The highest BCUT2D eigenvalue weighted by molar-refractivity contribution is 5.95. The first-order valence-electron chi connectivity index (χ1n) is 17.1. The van der Waals surface area contributed by atoms with Crippen molar-refractivity contribution in [3.05, 3.63) is 59.7 Å². The maximum atomic E-state index is 14.1. The third-order valence-electron chi connectivity index (χ3n) is 8.67. The minimum atomic E-state index is -0.639. The van der Waals surface area contributed by atoms with E-state index >= 15 is 0 Å². The van der Waals surface area contributed by atoms with Crippen LogP contribution in [0.25, 0.3) is 0 Å². The van der Waals surface area contributed by atoms with Crippen LogP contribution < -0.4 is 14.8 Å². The number of ether oxygens (including phenoxy) is 4. The third kappa shape index (κ3) is 10.5. The second kappa shape index (κ2) is 16.9. The third-order valence-corrected chi connectivity index (χ3v) is 8.67. The molecule has 11 nitrogen and oxygen atoms in total. The van der Waals surface area contributed by atoms with Gasteiger partial charge in [-0.15, -0.1) is 0 Å². The van der Waals surface area contributed by atoms with Crippen molar-refractivity contribution >= 4 is 18.0 Å². The van der Waals surface area contributed by atoms with Gasteiger partial charge in [-0.2, -0.15) is 0 Å². The number of carbonyl (C=O) groups is 3. The summed E-state index contributed by atoms with van der Waals surface area (Å²) in [6.07, 6.45) is 2.23. The average molecular weight is 667 g/mol. The summed E-state index contributed by atoms with van der Waals surface area (Å²) in [4.78, 5) is 46.4. The average Bonchev–Trinajstić information content (AvgIpc) is 3.82. The van der Waals surface area contributed by atoms with Crippen molar-refractivity contribution in [3.63, 3.8) is 0 Å². The van der Waals surface area contributed by atoms with Gasteiger partial charge in [0.1, 0.15) is 5.60 Å². The van der Waals surface area contributed by atoms with Crippen molar-refractivity contribution in [2.45, 2.75) is 78.1 Å². The van der Waals surface area contributed by atoms with Gasteiger partial charge < -0.3 is 39.0 Å². The molecule has 1 N–H and O–H groups in total. The fourth-order valence-electron chi connectivity index (χ4n) is 5.99. The number of carbonyl (C=O) groups excluding carboxylic acids is 3. The molecule has 0 radical (unpaired) electrons. The van der Waals surface area contributed by atoms with E-state index in [0.717, 1.165) is 18.4 Å². The minimum absolute atomic E-state index is 0.0508. The fraction of sp³-hybridized carbons (Fsp3) is 0.595. The van der Waals surface area contributed by atoms with Gasteiger partial charge in [0.05, 0.1) is 13.7 Å². The van der Waals surface area contributed by atoms with E-state index < -0.39 is 5.60 Å². The zero-order valence-electron chi connectivity index (χ0n) is 29.7. The van der Waals surface area contributed by atoms with Gasteiger partial charge in [-0.05, 0) is 71.2 Å². The molecule has 48 heavy (non-hydrogen) atoms. The van der Waals surface area contributed by atoms with Crippen LogP contribution in [0, 0.1) is 11.8 Å². The molecule has 1 aliphatic carbocycles. The highest BCUT2D eigenvalue weighted by Gasteiger charge is 2.43. The molecule has 2 atom stereocenters. The first-order valence-corrected chi connectivity index (χ1v) is 17.1. The van der Waals surface area contributed by atoms with E-state index in [1.165, 1.54) is 0 Å². The first-order chi connectivity index (χ1) is 22.9. The molecule has 11 heteroatoms. The van der Waals surface area contributed by atoms with Crippen molar-refractivity contribution in [1.29, 1.82) is 0 Å². The van der Waals surface area contributed by atoms with Crippen molar-refractivity contribution < 1.29 is 33.3 Å². The maximum absolute atomic E-state index is 14.1. The lowest BCUT2D eigenvalue weighted by atomic mass is 9.94. The summed E-state index contributed by atoms with van der Waals surface area (Å²) in [6.45, 7) is 12.7. The van der Waals surface area contributed by atoms with Crippen LogP contribution >= 0.6 is 0 Å². The molecule has 4 amide bonds. The number of urea groups is 1. The molecular weight excluding hydrogens is 612 g/mol. The Balaban J connectivity index is 1.53. The van der Waals surface area contributed by atoms with Crippen molar-refractivity contribution in [3.8, 4) is 11.5 Å². The first kappa shape index (κ1) is 36.8. The van der Waals surface area contributed by atoms with Crippen LogP contribution in [-0.2, 0) is 16.0 Å². The molecule has 2 fully saturated rings. The van der Waals surface area contributed by atoms with Crippen LogP contribution in [0.3, 0.4) is 0 Å². The molecule has 1 saturated heterocycles. The predicted octanol–water partition coefficient (Wildman–Crippen LogP) is 5.82. The Hall–Kier alpha value is -3.99. The molecule has 1 heterocycles. The molecule has 0 spiro atoms. The quantitative estimate of drug-likeness (QED) is 0.239. The molecule has 1 saturated carbocycles. The van der Waals surface area contributed by atoms with Gasteiger partial charge in [0.15, 0.2) is 11.5 Å². The summed E-state index contributed by atoms with van der Waals surface area (Å²) >= 11 is 0. The van der Waals surface area contributed by atoms with Crippen LogP contribution in [0.4, 0.5) is 9.59 Å². The van der Waals surface area contributed by atoms with Crippen molar-refractivity contribution in [2.24, 2.45) is 11.8 Å². The molecule has 2 aliphatic rings.